The molecule has 1 aliphatic heterocycles. The number of ether oxygens (including phenoxy) is 2. The van der Waals surface area contributed by atoms with E-state index in [1.54, 1.807) is 24.4 Å². The molecular weight excluding hydrogens is 342 g/mol. The van der Waals surface area contributed by atoms with Crippen molar-refractivity contribution in [3.63, 3.8) is 0 Å². The minimum absolute atomic E-state index is 0.176. The van der Waals surface area contributed by atoms with Gasteiger partial charge in [0.1, 0.15) is 0 Å². The zero-order chi connectivity index (χ0) is 18.8. The maximum absolute atomic E-state index is 12.3. The van der Waals surface area contributed by atoms with E-state index < -0.39 is 0 Å². The van der Waals surface area contributed by atoms with Crippen LogP contribution in [0.25, 0.3) is 5.69 Å². The molecule has 6 heteroatoms. The highest BCUT2D eigenvalue weighted by atomic mass is 16.7. The monoisotopic (exact) mass is 361 g/mol. The Balaban J connectivity index is 1.50. The van der Waals surface area contributed by atoms with Crippen molar-refractivity contribution in [2.24, 2.45) is 5.10 Å². The molecule has 0 unspecified atom stereocenters. The first-order chi connectivity index (χ1) is 13.1. The number of aromatic nitrogens is 1. The Labute approximate surface area is 157 Å². The van der Waals surface area contributed by atoms with Crippen molar-refractivity contribution in [3.8, 4) is 17.2 Å². The molecule has 2 heterocycles. The zero-order valence-electron chi connectivity index (χ0n) is 15.1. The number of nitrogens with zero attached hydrogens (tertiary/aromatic N) is 2. The Bertz CT molecular complexity index is 1020. The van der Waals surface area contributed by atoms with Crippen LogP contribution in [-0.2, 0) is 0 Å². The molecule has 0 saturated carbocycles. The standard InChI is InChI=1S/C21H19N3O3/c1-14-10-17(15(2)24(14)18-6-4-3-5-7-18)12-22-23-21(25)16-8-9-19-20(11-16)27-13-26-19/h3-12H,13H2,1-2H3,(H,23,25)/b22-12-. The summed E-state index contributed by atoms with van der Waals surface area (Å²) in [4.78, 5) is 12.3. The molecule has 3 aromatic rings. The minimum Gasteiger partial charge on any atom is -0.454 e. The van der Waals surface area contributed by atoms with Crippen LogP contribution in [0, 0.1) is 13.8 Å². The minimum atomic E-state index is -0.304. The second-order valence-electron chi connectivity index (χ2n) is 6.26. The van der Waals surface area contributed by atoms with Crippen LogP contribution in [0.4, 0.5) is 0 Å². The molecule has 1 N–H and O–H groups in total. The lowest BCUT2D eigenvalue weighted by atomic mass is 10.2. The average molecular weight is 361 g/mol. The normalized spacial score (nSPS) is 12.5. The van der Waals surface area contributed by atoms with Crippen molar-refractivity contribution in [2.75, 3.05) is 6.79 Å². The van der Waals surface area contributed by atoms with Crippen LogP contribution in [0.15, 0.2) is 59.7 Å². The van der Waals surface area contributed by atoms with E-state index >= 15 is 0 Å². The Hall–Kier alpha value is -3.54. The fraction of sp³-hybridized carbons (Fsp3) is 0.143. The third-order valence-electron chi connectivity index (χ3n) is 4.49. The van der Waals surface area contributed by atoms with E-state index in [0.29, 0.717) is 17.1 Å². The SMILES string of the molecule is Cc1cc(/C=N\NC(=O)c2ccc3c(c2)OCO3)c(C)n1-c1ccccc1. The van der Waals surface area contributed by atoms with E-state index in [2.05, 4.69) is 27.2 Å². The molecule has 0 radical (unpaired) electrons. The molecule has 0 bridgehead atoms. The molecule has 1 amide bonds. The first-order valence-corrected chi connectivity index (χ1v) is 8.61. The van der Waals surface area contributed by atoms with Gasteiger partial charge in [-0.1, -0.05) is 18.2 Å². The molecule has 6 nitrogen and oxygen atoms in total. The van der Waals surface area contributed by atoms with Gasteiger partial charge in [-0.3, -0.25) is 4.79 Å². The molecule has 0 atom stereocenters. The van der Waals surface area contributed by atoms with E-state index in [9.17, 15) is 4.79 Å². The number of fused-ring (bicyclic) bond motifs is 1. The van der Waals surface area contributed by atoms with Crippen LogP contribution in [0.1, 0.15) is 27.3 Å². The van der Waals surface area contributed by atoms with Crippen LogP contribution >= 0.6 is 0 Å². The van der Waals surface area contributed by atoms with Crippen LogP contribution in [0.3, 0.4) is 0 Å². The predicted molar refractivity (Wildman–Crippen MR) is 103 cm³/mol. The second-order valence-corrected chi connectivity index (χ2v) is 6.26. The quantitative estimate of drug-likeness (QED) is 0.571. The number of aryl methyl sites for hydroxylation is 1. The van der Waals surface area contributed by atoms with E-state index in [1.165, 1.54) is 0 Å². The zero-order valence-corrected chi connectivity index (χ0v) is 15.1. The van der Waals surface area contributed by atoms with Crippen molar-refractivity contribution < 1.29 is 14.3 Å². The summed E-state index contributed by atoms with van der Waals surface area (Å²) in [5.74, 6) is 0.905. The summed E-state index contributed by atoms with van der Waals surface area (Å²) >= 11 is 0. The highest BCUT2D eigenvalue weighted by Gasteiger charge is 2.16. The van der Waals surface area contributed by atoms with Crippen molar-refractivity contribution in [1.82, 2.24) is 9.99 Å². The molecule has 2 aromatic carbocycles. The van der Waals surface area contributed by atoms with Gasteiger partial charge in [0.15, 0.2) is 11.5 Å². The van der Waals surface area contributed by atoms with Gasteiger partial charge in [0.05, 0.1) is 6.21 Å². The van der Waals surface area contributed by atoms with Crippen molar-refractivity contribution in [3.05, 3.63) is 77.1 Å². The van der Waals surface area contributed by atoms with Gasteiger partial charge in [-0.15, -0.1) is 0 Å². The fourth-order valence-corrected chi connectivity index (χ4v) is 3.16. The van der Waals surface area contributed by atoms with Gasteiger partial charge in [0.2, 0.25) is 6.79 Å². The number of rotatable bonds is 4. The van der Waals surface area contributed by atoms with Crippen LogP contribution < -0.4 is 14.9 Å². The number of nitrogens with one attached hydrogen (secondary N) is 1. The molecule has 27 heavy (non-hydrogen) atoms. The summed E-state index contributed by atoms with van der Waals surface area (Å²) in [5, 5.41) is 4.11. The Morgan fingerprint density at radius 2 is 1.85 bits per heavy atom. The summed E-state index contributed by atoms with van der Waals surface area (Å²) in [6.45, 7) is 4.25. The third-order valence-corrected chi connectivity index (χ3v) is 4.49. The van der Waals surface area contributed by atoms with Crippen molar-refractivity contribution in [1.29, 1.82) is 0 Å². The van der Waals surface area contributed by atoms with Crippen molar-refractivity contribution >= 4 is 12.1 Å². The Kier molecular flexibility index (Phi) is 4.38. The molecule has 4 rings (SSSR count). The fourth-order valence-electron chi connectivity index (χ4n) is 3.16. The lowest BCUT2D eigenvalue weighted by Gasteiger charge is -2.08. The maximum atomic E-state index is 12.3. The largest absolute Gasteiger partial charge is 0.454 e. The van der Waals surface area contributed by atoms with E-state index in [1.807, 2.05) is 38.1 Å². The van der Waals surface area contributed by atoms with E-state index in [-0.39, 0.29) is 12.7 Å². The van der Waals surface area contributed by atoms with Gasteiger partial charge in [-0.05, 0) is 50.2 Å². The number of hydrazone groups is 1. The van der Waals surface area contributed by atoms with E-state index in [4.69, 9.17) is 9.47 Å². The van der Waals surface area contributed by atoms with Crippen LogP contribution in [0.2, 0.25) is 0 Å². The van der Waals surface area contributed by atoms with Gasteiger partial charge in [-0.25, -0.2) is 5.43 Å². The number of hydrogen-bond donors (Lipinski definition) is 1. The van der Waals surface area contributed by atoms with Crippen LogP contribution in [0.5, 0.6) is 11.5 Å². The van der Waals surface area contributed by atoms with Gasteiger partial charge < -0.3 is 14.0 Å². The first kappa shape index (κ1) is 16.9. The van der Waals surface area contributed by atoms with Crippen LogP contribution in [-0.4, -0.2) is 23.5 Å². The highest BCUT2D eigenvalue weighted by molar-refractivity contribution is 5.95. The molecule has 0 fully saturated rings. The summed E-state index contributed by atoms with van der Waals surface area (Å²) < 4.78 is 12.7. The summed E-state index contributed by atoms with van der Waals surface area (Å²) in [5.41, 5.74) is 7.22. The first-order valence-electron chi connectivity index (χ1n) is 8.61. The van der Waals surface area contributed by atoms with Gasteiger partial charge in [-0.2, -0.15) is 5.10 Å². The molecule has 0 saturated heterocycles. The highest BCUT2D eigenvalue weighted by Crippen LogP contribution is 2.32. The molecule has 0 spiro atoms. The predicted octanol–water partition coefficient (Wildman–Crippen LogP) is 3.59. The lowest BCUT2D eigenvalue weighted by Crippen LogP contribution is -2.17. The number of carbonyl (C=O) groups excluding carboxylic acids is 1. The molecule has 0 aliphatic carbocycles. The topological polar surface area (TPSA) is 64.8 Å². The second kappa shape index (κ2) is 6.99. The van der Waals surface area contributed by atoms with Gasteiger partial charge in [0, 0.05) is 28.2 Å². The molecule has 1 aromatic heterocycles. The smallest absolute Gasteiger partial charge is 0.271 e. The van der Waals surface area contributed by atoms with Gasteiger partial charge in [0.25, 0.3) is 5.91 Å². The number of para-hydroxylation sites is 1. The maximum Gasteiger partial charge on any atom is 0.271 e. The summed E-state index contributed by atoms with van der Waals surface area (Å²) in [7, 11) is 0. The average Bonchev–Trinajstić information content (AvgIpc) is 3.26. The number of hydrogen-bond acceptors (Lipinski definition) is 4. The lowest BCUT2D eigenvalue weighted by molar-refractivity contribution is 0.0954. The Morgan fingerprint density at radius 1 is 1.07 bits per heavy atom. The van der Waals surface area contributed by atoms with E-state index in [0.717, 1.165) is 22.6 Å². The number of carbonyl (C=O) groups is 1. The summed E-state index contributed by atoms with van der Waals surface area (Å²) in [6.07, 6.45) is 1.66. The molecule has 136 valence electrons. The third kappa shape index (κ3) is 3.29. The number of amides is 1. The summed E-state index contributed by atoms with van der Waals surface area (Å²) in [6, 6.07) is 17.2. The molecule has 1 aliphatic rings. The van der Waals surface area contributed by atoms with Crippen molar-refractivity contribution in [2.45, 2.75) is 13.8 Å². The molecular formula is C21H19N3O3. The Morgan fingerprint density at radius 3 is 2.67 bits per heavy atom. The van der Waals surface area contributed by atoms with Gasteiger partial charge >= 0.3 is 0 Å². The number of benzene rings is 2.